The van der Waals surface area contributed by atoms with E-state index in [1.54, 1.807) is 0 Å². The maximum absolute atomic E-state index is 2.65. The van der Waals surface area contributed by atoms with Crippen LogP contribution in [-0.2, 0) is 27.1 Å². The summed E-state index contributed by atoms with van der Waals surface area (Å²) in [6.07, 6.45) is 0. The zero-order valence-corrected chi connectivity index (χ0v) is 38.8. The van der Waals surface area contributed by atoms with Gasteiger partial charge in [0.15, 0.2) is 0 Å². The fourth-order valence-electron chi connectivity index (χ4n) is 11.6. The van der Waals surface area contributed by atoms with Crippen LogP contribution in [0.2, 0.25) is 0 Å². The van der Waals surface area contributed by atoms with Crippen molar-refractivity contribution < 1.29 is 0 Å². The highest BCUT2D eigenvalue weighted by molar-refractivity contribution is 7.26. The lowest BCUT2D eigenvalue weighted by atomic mass is 9.79. The summed E-state index contributed by atoms with van der Waals surface area (Å²) in [5.74, 6) is 0. The van der Waals surface area contributed by atoms with Crippen LogP contribution in [0.25, 0.3) is 53.6 Å². The number of benzene rings is 7. The molecular formula is C59H57NS. The molecule has 0 saturated carbocycles. The number of hydrogen-bond acceptors (Lipinski definition) is 2. The summed E-state index contributed by atoms with van der Waals surface area (Å²) in [7, 11) is 0. The Bertz CT molecular complexity index is 3190. The van der Waals surface area contributed by atoms with Gasteiger partial charge in [-0.25, -0.2) is 0 Å². The van der Waals surface area contributed by atoms with Crippen LogP contribution in [0.4, 0.5) is 17.1 Å². The van der Waals surface area contributed by atoms with Gasteiger partial charge in [0.25, 0.3) is 0 Å². The molecule has 61 heavy (non-hydrogen) atoms. The normalized spacial score (nSPS) is 16.3. The molecule has 3 aliphatic carbocycles. The standard InChI is InChI=1S/C59H57NS/c1-55(2,3)34-31-39-51-49(61-54(39)46(32-34)56(4,5)6)30-29-44-53(51)52-43(59(44,11)12)24-18-26-48(52)60(35-27-28-37-36-19-13-15-21-40(36)58(9,10)45(37)33-35)47-25-17-23-42-50(47)38-20-14-16-22-41(38)57(42,7)8/h13-33H,1-12H3. The van der Waals surface area contributed by atoms with Gasteiger partial charge in [-0.05, 0) is 114 Å². The quantitative estimate of drug-likeness (QED) is 0.172. The fourth-order valence-corrected chi connectivity index (χ4v) is 13.0. The van der Waals surface area contributed by atoms with E-state index in [-0.39, 0.29) is 27.1 Å². The molecule has 0 atom stereocenters. The lowest BCUT2D eigenvalue weighted by molar-refractivity contribution is 0.573. The Kier molecular flexibility index (Phi) is 7.79. The zero-order chi connectivity index (χ0) is 42.8. The number of rotatable bonds is 3. The lowest BCUT2D eigenvalue weighted by Crippen LogP contribution is -2.18. The molecule has 8 aromatic rings. The van der Waals surface area contributed by atoms with E-state index in [4.69, 9.17) is 0 Å². The Hall–Kier alpha value is -5.44. The molecule has 0 radical (unpaired) electrons. The van der Waals surface area contributed by atoms with E-state index in [0.717, 1.165) is 0 Å². The molecule has 0 amide bonds. The summed E-state index contributed by atoms with van der Waals surface area (Å²) in [6, 6.07) is 49.6. The molecule has 0 fully saturated rings. The zero-order valence-electron chi connectivity index (χ0n) is 38.0. The highest BCUT2D eigenvalue weighted by atomic mass is 32.1. The summed E-state index contributed by atoms with van der Waals surface area (Å²) >= 11 is 1.98. The van der Waals surface area contributed by atoms with Crippen molar-refractivity contribution >= 4 is 48.6 Å². The van der Waals surface area contributed by atoms with Crippen LogP contribution < -0.4 is 4.90 Å². The minimum atomic E-state index is -0.196. The molecule has 0 spiro atoms. The molecule has 3 aliphatic rings. The van der Waals surface area contributed by atoms with Gasteiger partial charge in [0, 0.05) is 53.2 Å². The molecular weight excluding hydrogens is 755 g/mol. The third-order valence-corrected chi connectivity index (χ3v) is 16.1. The molecule has 11 rings (SSSR count). The van der Waals surface area contributed by atoms with Gasteiger partial charge in [-0.3, -0.25) is 0 Å². The highest BCUT2D eigenvalue weighted by Gasteiger charge is 2.43. The van der Waals surface area contributed by atoms with Gasteiger partial charge in [0.2, 0.25) is 0 Å². The first-order valence-electron chi connectivity index (χ1n) is 22.3. The van der Waals surface area contributed by atoms with Crippen molar-refractivity contribution in [1.82, 2.24) is 0 Å². The number of hydrogen-bond donors (Lipinski definition) is 0. The first kappa shape index (κ1) is 38.5. The Morgan fingerprint density at radius 1 is 0.443 bits per heavy atom. The molecule has 304 valence electrons. The van der Waals surface area contributed by atoms with E-state index in [1.807, 2.05) is 11.3 Å². The maximum Gasteiger partial charge on any atom is 0.0543 e. The van der Waals surface area contributed by atoms with Crippen molar-refractivity contribution in [1.29, 1.82) is 0 Å². The molecule has 0 bridgehead atoms. The Morgan fingerprint density at radius 2 is 0.984 bits per heavy atom. The van der Waals surface area contributed by atoms with Gasteiger partial charge in [0.05, 0.1) is 11.4 Å². The van der Waals surface area contributed by atoms with Crippen LogP contribution >= 0.6 is 11.3 Å². The fraction of sp³-hybridized carbons (Fsp3) is 0.288. The number of nitrogens with zero attached hydrogens (tertiary/aromatic N) is 1. The van der Waals surface area contributed by atoms with Gasteiger partial charge in [-0.1, -0.05) is 174 Å². The average Bonchev–Trinajstić information content (AvgIpc) is 3.86. The second-order valence-electron chi connectivity index (χ2n) is 21.8. The van der Waals surface area contributed by atoms with Crippen LogP contribution in [0.1, 0.15) is 128 Å². The van der Waals surface area contributed by atoms with E-state index in [0.29, 0.717) is 0 Å². The molecule has 2 heteroatoms. The third-order valence-electron chi connectivity index (χ3n) is 14.9. The van der Waals surface area contributed by atoms with Gasteiger partial charge in [-0.2, -0.15) is 0 Å². The smallest absolute Gasteiger partial charge is 0.0543 e. The van der Waals surface area contributed by atoms with Crippen molar-refractivity contribution in [2.24, 2.45) is 0 Å². The first-order chi connectivity index (χ1) is 28.8. The second-order valence-corrected chi connectivity index (χ2v) is 22.8. The van der Waals surface area contributed by atoms with Crippen molar-refractivity contribution in [3.05, 3.63) is 172 Å². The van der Waals surface area contributed by atoms with Crippen molar-refractivity contribution in [2.75, 3.05) is 4.90 Å². The van der Waals surface area contributed by atoms with Gasteiger partial charge in [-0.15, -0.1) is 11.3 Å². The summed E-state index contributed by atoms with van der Waals surface area (Å²) in [6.45, 7) is 28.7. The topological polar surface area (TPSA) is 3.24 Å². The second kappa shape index (κ2) is 12.4. The van der Waals surface area contributed by atoms with Gasteiger partial charge < -0.3 is 4.90 Å². The lowest BCUT2D eigenvalue weighted by Gasteiger charge is -2.32. The Balaban J connectivity index is 1.26. The van der Waals surface area contributed by atoms with E-state index in [2.05, 4.69) is 215 Å². The van der Waals surface area contributed by atoms with E-state index >= 15 is 0 Å². The van der Waals surface area contributed by atoms with Crippen LogP contribution in [0.5, 0.6) is 0 Å². The monoisotopic (exact) mass is 811 g/mol. The number of fused-ring (bicyclic) bond motifs is 13. The molecule has 0 aliphatic heterocycles. The Morgan fingerprint density at radius 3 is 1.66 bits per heavy atom. The van der Waals surface area contributed by atoms with Crippen LogP contribution in [0.15, 0.2) is 127 Å². The van der Waals surface area contributed by atoms with Crippen molar-refractivity contribution in [3.63, 3.8) is 0 Å². The Labute approximate surface area is 367 Å². The van der Waals surface area contributed by atoms with E-state index in [1.165, 1.54) is 115 Å². The minimum Gasteiger partial charge on any atom is -0.309 e. The van der Waals surface area contributed by atoms with E-state index < -0.39 is 0 Å². The molecule has 0 saturated heterocycles. The molecule has 1 aromatic heterocycles. The van der Waals surface area contributed by atoms with E-state index in [9.17, 15) is 0 Å². The summed E-state index contributed by atoms with van der Waals surface area (Å²) < 4.78 is 2.79. The maximum atomic E-state index is 2.65. The summed E-state index contributed by atoms with van der Waals surface area (Å²) in [5.41, 5.74) is 22.6. The van der Waals surface area contributed by atoms with Crippen LogP contribution in [0.3, 0.4) is 0 Å². The minimum absolute atomic E-state index is 0.00145. The molecule has 1 nitrogen and oxygen atoms in total. The number of thiophene rings is 1. The third kappa shape index (κ3) is 5.18. The molecule has 0 N–H and O–H groups in total. The largest absolute Gasteiger partial charge is 0.309 e. The molecule has 0 unspecified atom stereocenters. The van der Waals surface area contributed by atoms with Crippen LogP contribution in [-0.4, -0.2) is 0 Å². The molecule has 7 aromatic carbocycles. The van der Waals surface area contributed by atoms with Gasteiger partial charge >= 0.3 is 0 Å². The van der Waals surface area contributed by atoms with Crippen molar-refractivity contribution in [3.8, 4) is 33.4 Å². The highest BCUT2D eigenvalue weighted by Crippen LogP contribution is 2.61. The average molecular weight is 812 g/mol. The summed E-state index contributed by atoms with van der Waals surface area (Å²) in [4.78, 5) is 2.65. The predicted molar refractivity (Wildman–Crippen MR) is 264 cm³/mol. The van der Waals surface area contributed by atoms with Gasteiger partial charge in [0.1, 0.15) is 0 Å². The predicted octanol–water partition coefficient (Wildman–Crippen LogP) is 17.0. The van der Waals surface area contributed by atoms with Crippen molar-refractivity contribution in [2.45, 2.75) is 110 Å². The molecule has 1 heterocycles. The first-order valence-corrected chi connectivity index (χ1v) is 23.1. The van der Waals surface area contributed by atoms with Crippen LogP contribution in [0, 0.1) is 0 Å². The SMILES string of the molecule is CC(C)(C)c1cc(C(C)(C)C)c2sc3ccc4c(c3c2c1)-c1c(N(c2ccc3c(c2)C(C)(C)c2ccccc2-3)c2cccc3c2-c2ccccc2C3(C)C)cccc1C4(C)C. The number of anilines is 3. The summed E-state index contributed by atoms with van der Waals surface area (Å²) in [5, 5.41) is 2.80.